The van der Waals surface area contributed by atoms with Crippen LogP contribution in [0.15, 0.2) is 12.7 Å². The molecule has 0 aromatic carbocycles. The third-order valence-corrected chi connectivity index (χ3v) is 2.77. The summed E-state index contributed by atoms with van der Waals surface area (Å²) in [5.41, 5.74) is 0.832. The van der Waals surface area contributed by atoms with Crippen molar-refractivity contribution in [3.8, 4) is 0 Å². The molecule has 4 heteroatoms. The van der Waals surface area contributed by atoms with Crippen molar-refractivity contribution in [2.75, 3.05) is 0 Å². The summed E-state index contributed by atoms with van der Waals surface area (Å²) in [4.78, 5) is 12.4. The maximum Gasteiger partial charge on any atom is 0.176 e. The van der Waals surface area contributed by atoms with E-state index in [4.69, 9.17) is 0 Å². The summed E-state index contributed by atoms with van der Waals surface area (Å²) in [5.74, 6) is 0.165. The molecule has 0 aliphatic heterocycles. The molecule has 0 amide bonds. The molecule has 0 radical (unpaired) electrons. The van der Waals surface area contributed by atoms with Crippen LogP contribution in [0.5, 0.6) is 0 Å². The van der Waals surface area contributed by atoms with Crippen LogP contribution in [0.4, 0.5) is 0 Å². The minimum absolute atomic E-state index is 0.165. The predicted molar refractivity (Wildman–Crippen MR) is 57.7 cm³/mol. The number of hydrogen-bond acceptors (Lipinski definition) is 4. The number of carbonyl (C=O) groups excluding carboxylic acids is 1. The largest absolute Gasteiger partial charge is 0.293 e. The van der Waals surface area contributed by atoms with E-state index >= 15 is 0 Å². The smallest absolute Gasteiger partial charge is 0.176 e. The van der Waals surface area contributed by atoms with E-state index in [2.05, 4.69) is 16.2 Å². The lowest BCUT2D eigenvalue weighted by molar-refractivity contribution is 0.0983. The van der Waals surface area contributed by atoms with Gasteiger partial charge in [-0.15, -0.1) is 11.7 Å². The first-order valence-electron chi connectivity index (χ1n) is 4.75. The van der Waals surface area contributed by atoms with Gasteiger partial charge in [-0.2, -0.15) is 0 Å². The molecule has 0 spiro atoms. The number of nitrogens with zero attached hydrogens (tertiary/aromatic N) is 2. The molecule has 0 aliphatic carbocycles. The van der Waals surface area contributed by atoms with Crippen LogP contribution < -0.4 is 0 Å². The van der Waals surface area contributed by atoms with Crippen LogP contribution in [-0.2, 0) is 6.42 Å². The molecule has 0 unspecified atom stereocenters. The van der Waals surface area contributed by atoms with Gasteiger partial charge in [0.05, 0.1) is 5.69 Å². The molecule has 1 aromatic heterocycles. The van der Waals surface area contributed by atoms with Gasteiger partial charge in [0.1, 0.15) is 4.88 Å². The standard InChI is InChI=1S/C10H14N2OS/c1-3-5-6-7-9(13)10-8(4-2)11-12-14-10/h3H,1,4-7H2,2H3. The quantitative estimate of drug-likeness (QED) is 0.412. The van der Waals surface area contributed by atoms with Crippen molar-refractivity contribution >= 4 is 17.3 Å². The number of allylic oxidation sites excluding steroid dienone is 1. The van der Waals surface area contributed by atoms with Gasteiger partial charge in [0, 0.05) is 6.42 Å². The fourth-order valence-corrected chi connectivity index (χ4v) is 1.89. The molecule has 0 saturated carbocycles. The second kappa shape index (κ2) is 5.65. The van der Waals surface area contributed by atoms with Crippen LogP contribution in [0.1, 0.15) is 41.6 Å². The first kappa shape index (κ1) is 11.0. The van der Waals surface area contributed by atoms with Gasteiger partial charge < -0.3 is 0 Å². The predicted octanol–water partition coefficient (Wildman–Crippen LogP) is 2.64. The van der Waals surface area contributed by atoms with Gasteiger partial charge in [-0.25, -0.2) is 0 Å². The number of aryl methyl sites for hydroxylation is 1. The van der Waals surface area contributed by atoms with Crippen molar-refractivity contribution in [1.29, 1.82) is 0 Å². The third kappa shape index (κ3) is 2.73. The van der Waals surface area contributed by atoms with Crippen molar-refractivity contribution in [3.05, 3.63) is 23.2 Å². The number of rotatable bonds is 6. The van der Waals surface area contributed by atoms with Gasteiger partial charge in [0.15, 0.2) is 5.78 Å². The van der Waals surface area contributed by atoms with Gasteiger partial charge in [0.25, 0.3) is 0 Å². The molecule has 1 aromatic rings. The molecule has 0 atom stereocenters. The summed E-state index contributed by atoms with van der Waals surface area (Å²) < 4.78 is 3.79. The van der Waals surface area contributed by atoms with Crippen LogP contribution in [0.2, 0.25) is 0 Å². The lowest BCUT2D eigenvalue weighted by Crippen LogP contribution is -1.99. The highest BCUT2D eigenvalue weighted by Crippen LogP contribution is 2.15. The van der Waals surface area contributed by atoms with E-state index < -0.39 is 0 Å². The lowest BCUT2D eigenvalue weighted by atomic mass is 10.1. The monoisotopic (exact) mass is 210 g/mol. The Labute approximate surface area is 88.0 Å². The molecule has 3 nitrogen and oxygen atoms in total. The van der Waals surface area contributed by atoms with E-state index in [1.807, 2.05) is 13.0 Å². The summed E-state index contributed by atoms with van der Waals surface area (Å²) in [6.45, 7) is 5.60. The van der Waals surface area contributed by atoms with Crippen LogP contribution >= 0.6 is 11.5 Å². The normalized spacial score (nSPS) is 10.1. The Hall–Kier alpha value is -1.03. The number of aromatic nitrogens is 2. The molecule has 1 heterocycles. The third-order valence-electron chi connectivity index (χ3n) is 1.96. The Bertz CT molecular complexity index is 320. The summed E-state index contributed by atoms with van der Waals surface area (Å²) in [7, 11) is 0. The van der Waals surface area contributed by atoms with Crippen molar-refractivity contribution in [1.82, 2.24) is 9.59 Å². The first-order valence-corrected chi connectivity index (χ1v) is 5.52. The van der Waals surface area contributed by atoms with Crippen LogP contribution in [0, 0.1) is 0 Å². The summed E-state index contributed by atoms with van der Waals surface area (Å²) in [6.07, 6.45) is 4.93. The Morgan fingerprint density at radius 1 is 1.64 bits per heavy atom. The summed E-state index contributed by atoms with van der Waals surface area (Å²) in [6, 6.07) is 0. The van der Waals surface area contributed by atoms with E-state index in [0.717, 1.165) is 29.8 Å². The van der Waals surface area contributed by atoms with E-state index in [1.165, 1.54) is 11.5 Å². The van der Waals surface area contributed by atoms with Gasteiger partial charge in [0.2, 0.25) is 0 Å². The minimum Gasteiger partial charge on any atom is -0.293 e. The average molecular weight is 210 g/mol. The maximum atomic E-state index is 11.7. The number of hydrogen-bond donors (Lipinski definition) is 0. The van der Waals surface area contributed by atoms with Gasteiger partial charge >= 0.3 is 0 Å². The zero-order valence-electron chi connectivity index (χ0n) is 8.32. The van der Waals surface area contributed by atoms with Crippen LogP contribution in [-0.4, -0.2) is 15.4 Å². The molecule has 0 aliphatic rings. The number of ketones is 1. The zero-order chi connectivity index (χ0) is 10.4. The van der Waals surface area contributed by atoms with E-state index in [-0.39, 0.29) is 5.78 Å². The number of unbranched alkanes of at least 4 members (excludes halogenated alkanes) is 1. The first-order chi connectivity index (χ1) is 6.79. The highest BCUT2D eigenvalue weighted by Gasteiger charge is 2.13. The Morgan fingerprint density at radius 3 is 3.07 bits per heavy atom. The van der Waals surface area contributed by atoms with E-state index in [9.17, 15) is 4.79 Å². The van der Waals surface area contributed by atoms with Gasteiger partial charge in [-0.3, -0.25) is 4.79 Å². The average Bonchev–Trinajstić information content (AvgIpc) is 2.65. The van der Waals surface area contributed by atoms with Crippen LogP contribution in [0.25, 0.3) is 0 Å². The molecule has 0 fully saturated rings. The Kier molecular flexibility index (Phi) is 4.46. The second-order valence-corrected chi connectivity index (χ2v) is 3.76. The molecular weight excluding hydrogens is 196 g/mol. The van der Waals surface area contributed by atoms with Gasteiger partial charge in [-0.1, -0.05) is 17.5 Å². The molecule has 0 N–H and O–H groups in total. The molecular formula is C10H14N2OS. The highest BCUT2D eigenvalue weighted by molar-refractivity contribution is 7.08. The fourth-order valence-electron chi connectivity index (χ4n) is 1.17. The SMILES string of the molecule is C=CCCCC(=O)c1snnc1CC. The lowest BCUT2D eigenvalue weighted by Gasteiger charge is -1.96. The molecule has 76 valence electrons. The number of carbonyl (C=O) groups is 1. The topological polar surface area (TPSA) is 42.9 Å². The highest BCUT2D eigenvalue weighted by atomic mass is 32.1. The van der Waals surface area contributed by atoms with E-state index in [0.29, 0.717) is 6.42 Å². The summed E-state index contributed by atoms with van der Waals surface area (Å²) >= 11 is 1.20. The minimum atomic E-state index is 0.165. The van der Waals surface area contributed by atoms with Crippen LogP contribution in [0.3, 0.4) is 0 Å². The van der Waals surface area contributed by atoms with Crippen molar-refractivity contribution in [2.24, 2.45) is 0 Å². The molecule has 1 rings (SSSR count). The molecule has 0 saturated heterocycles. The molecule has 0 bridgehead atoms. The fraction of sp³-hybridized carbons (Fsp3) is 0.500. The second-order valence-electron chi connectivity index (χ2n) is 3.01. The zero-order valence-corrected chi connectivity index (χ0v) is 9.14. The maximum absolute atomic E-state index is 11.7. The Morgan fingerprint density at radius 2 is 2.43 bits per heavy atom. The van der Waals surface area contributed by atoms with Gasteiger partial charge in [-0.05, 0) is 30.8 Å². The van der Waals surface area contributed by atoms with E-state index in [1.54, 1.807) is 0 Å². The van der Waals surface area contributed by atoms with Crippen molar-refractivity contribution in [3.63, 3.8) is 0 Å². The summed E-state index contributed by atoms with van der Waals surface area (Å²) in [5, 5.41) is 3.91. The Balaban J connectivity index is 2.55. The number of Topliss-reactive ketones (excluding diaryl/α,β-unsaturated/α-hetero) is 1. The van der Waals surface area contributed by atoms with Crippen molar-refractivity contribution < 1.29 is 4.79 Å². The van der Waals surface area contributed by atoms with Crippen molar-refractivity contribution in [2.45, 2.75) is 32.6 Å². The molecule has 14 heavy (non-hydrogen) atoms.